The molecule has 1 rings (SSSR count). The Hall–Kier alpha value is -0.0500. The summed E-state index contributed by atoms with van der Waals surface area (Å²) in [5.74, 6) is 1.24. The van der Waals surface area contributed by atoms with Crippen LogP contribution in [0.25, 0.3) is 0 Å². The number of alkyl halides is 1. The van der Waals surface area contributed by atoms with Crippen molar-refractivity contribution < 1.29 is 4.79 Å². The number of hydrogen-bond acceptors (Lipinski definition) is 1. The summed E-state index contributed by atoms with van der Waals surface area (Å²) in [5, 5.41) is 3.18. The van der Waals surface area contributed by atoms with Gasteiger partial charge < -0.3 is 5.32 Å². The van der Waals surface area contributed by atoms with E-state index < -0.39 is 0 Å². The Labute approximate surface area is 120 Å². The third-order valence-corrected chi connectivity index (χ3v) is 4.90. The zero-order chi connectivity index (χ0) is 13.4. The number of carbonyl (C=O) groups excluding carboxylic acids is 1. The van der Waals surface area contributed by atoms with Gasteiger partial charge in [-0.25, -0.2) is 0 Å². The van der Waals surface area contributed by atoms with Crippen LogP contribution in [0.1, 0.15) is 65.2 Å². The third-order valence-electron chi connectivity index (χ3n) is 3.99. The van der Waals surface area contributed by atoms with E-state index >= 15 is 0 Å². The second kappa shape index (κ2) is 8.95. The molecular weight excluding hydrogens is 290 g/mol. The van der Waals surface area contributed by atoms with Crippen molar-refractivity contribution >= 4 is 21.8 Å². The molecule has 0 unspecified atom stereocenters. The van der Waals surface area contributed by atoms with Crippen LogP contribution in [0.15, 0.2) is 0 Å². The number of halogens is 1. The SMILES string of the molecule is CCCC(CCC)C(=O)NCC1CCC(Br)CC1. The van der Waals surface area contributed by atoms with E-state index in [4.69, 9.17) is 0 Å². The number of rotatable bonds is 7. The first-order valence-electron chi connectivity index (χ1n) is 7.59. The van der Waals surface area contributed by atoms with Gasteiger partial charge in [0.2, 0.25) is 5.91 Å². The second-order valence-electron chi connectivity index (χ2n) is 5.64. The maximum Gasteiger partial charge on any atom is 0.223 e. The molecule has 0 saturated heterocycles. The molecule has 0 radical (unpaired) electrons. The van der Waals surface area contributed by atoms with E-state index in [9.17, 15) is 4.79 Å². The van der Waals surface area contributed by atoms with Crippen LogP contribution in [0.2, 0.25) is 0 Å². The van der Waals surface area contributed by atoms with Crippen molar-refractivity contribution in [3.63, 3.8) is 0 Å². The molecule has 1 aliphatic rings. The molecule has 1 amide bonds. The Balaban J connectivity index is 2.25. The van der Waals surface area contributed by atoms with Gasteiger partial charge in [0.1, 0.15) is 0 Å². The van der Waals surface area contributed by atoms with Crippen molar-refractivity contribution in [1.82, 2.24) is 5.32 Å². The molecule has 1 saturated carbocycles. The summed E-state index contributed by atoms with van der Waals surface area (Å²) < 4.78 is 0. The zero-order valence-corrected chi connectivity index (χ0v) is 13.5. The fourth-order valence-corrected chi connectivity index (χ4v) is 3.35. The second-order valence-corrected chi connectivity index (χ2v) is 6.93. The van der Waals surface area contributed by atoms with Gasteiger partial charge in [0.25, 0.3) is 0 Å². The van der Waals surface area contributed by atoms with Gasteiger partial charge in [0, 0.05) is 17.3 Å². The lowest BCUT2D eigenvalue weighted by atomic mass is 9.89. The predicted molar refractivity (Wildman–Crippen MR) is 81.0 cm³/mol. The lowest BCUT2D eigenvalue weighted by molar-refractivity contribution is -0.125. The summed E-state index contributed by atoms with van der Waals surface area (Å²) in [6.45, 7) is 5.21. The van der Waals surface area contributed by atoms with Crippen LogP contribution >= 0.6 is 15.9 Å². The number of nitrogens with one attached hydrogen (secondary N) is 1. The van der Waals surface area contributed by atoms with Crippen molar-refractivity contribution in [3.05, 3.63) is 0 Å². The maximum atomic E-state index is 12.1. The van der Waals surface area contributed by atoms with Crippen molar-refractivity contribution in [2.45, 2.75) is 70.0 Å². The van der Waals surface area contributed by atoms with Gasteiger partial charge in [-0.15, -0.1) is 0 Å². The first-order chi connectivity index (χ1) is 8.67. The zero-order valence-electron chi connectivity index (χ0n) is 11.9. The summed E-state index contributed by atoms with van der Waals surface area (Å²) in [7, 11) is 0. The Bertz CT molecular complexity index is 231. The van der Waals surface area contributed by atoms with Gasteiger partial charge >= 0.3 is 0 Å². The maximum absolute atomic E-state index is 12.1. The minimum atomic E-state index is 0.243. The summed E-state index contributed by atoms with van der Waals surface area (Å²) >= 11 is 3.67. The number of hydrogen-bond donors (Lipinski definition) is 1. The van der Waals surface area contributed by atoms with Crippen molar-refractivity contribution in [1.29, 1.82) is 0 Å². The van der Waals surface area contributed by atoms with E-state index in [1.807, 2.05) is 0 Å². The molecule has 0 aromatic rings. The summed E-state index contributed by atoms with van der Waals surface area (Å²) in [4.78, 5) is 12.8. The van der Waals surface area contributed by atoms with Gasteiger partial charge in [-0.3, -0.25) is 4.79 Å². The Morgan fingerprint density at radius 2 is 1.72 bits per heavy atom. The predicted octanol–water partition coefficient (Wildman–Crippen LogP) is 4.27. The van der Waals surface area contributed by atoms with Crippen LogP contribution in [0.4, 0.5) is 0 Å². The monoisotopic (exact) mass is 317 g/mol. The van der Waals surface area contributed by atoms with Crippen LogP contribution in [-0.4, -0.2) is 17.3 Å². The van der Waals surface area contributed by atoms with Crippen LogP contribution in [0, 0.1) is 11.8 Å². The molecular formula is C15H28BrNO. The molecule has 106 valence electrons. The Morgan fingerprint density at radius 3 is 2.22 bits per heavy atom. The highest BCUT2D eigenvalue weighted by Crippen LogP contribution is 2.28. The minimum Gasteiger partial charge on any atom is -0.356 e. The van der Waals surface area contributed by atoms with Crippen LogP contribution in [0.5, 0.6) is 0 Å². The van der Waals surface area contributed by atoms with Crippen LogP contribution in [-0.2, 0) is 4.79 Å². The highest BCUT2D eigenvalue weighted by Gasteiger charge is 2.21. The normalized spacial score (nSPS) is 24.2. The highest BCUT2D eigenvalue weighted by molar-refractivity contribution is 9.09. The first kappa shape index (κ1) is 16.0. The third kappa shape index (κ3) is 5.73. The molecule has 18 heavy (non-hydrogen) atoms. The van der Waals surface area contributed by atoms with E-state index in [1.54, 1.807) is 0 Å². The van der Waals surface area contributed by atoms with E-state index in [0.29, 0.717) is 16.7 Å². The van der Waals surface area contributed by atoms with Gasteiger partial charge in [-0.05, 0) is 44.4 Å². The van der Waals surface area contributed by atoms with E-state index in [2.05, 4.69) is 35.1 Å². The Kier molecular flexibility index (Phi) is 7.96. The standard InChI is InChI=1S/C15H28BrNO/c1-3-5-13(6-4-2)15(18)17-11-12-7-9-14(16)10-8-12/h12-14H,3-11H2,1-2H3,(H,17,18). The Morgan fingerprint density at radius 1 is 1.17 bits per heavy atom. The molecule has 3 heteroatoms. The summed E-state index contributed by atoms with van der Waals surface area (Å²) in [5.41, 5.74) is 0. The fraction of sp³-hybridized carbons (Fsp3) is 0.933. The topological polar surface area (TPSA) is 29.1 Å². The molecule has 0 aromatic carbocycles. The van der Waals surface area contributed by atoms with Gasteiger partial charge in [-0.2, -0.15) is 0 Å². The van der Waals surface area contributed by atoms with E-state index in [1.165, 1.54) is 25.7 Å². The molecule has 1 aliphatic carbocycles. The summed E-state index contributed by atoms with van der Waals surface area (Å²) in [6, 6.07) is 0. The molecule has 1 fully saturated rings. The van der Waals surface area contributed by atoms with Crippen molar-refractivity contribution in [2.75, 3.05) is 6.54 Å². The summed E-state index contributed by atoms with van der Waals surface area (Å²) in [6.07, 6.45) is 9.30. The smallest absolute Gasteiger partial charge is 0.223 e. The number of amides is 1. The highest BCUT2D eigenvalue weighted by atomic mass is 79.9. The molecule has 0 bridgehead atoms. The molecule has 0 aliphatic heterocycles. The van der Waals surface area contributed by atoms with E-state index in [0.717, 1.165) is 32.2 Å². The minimum absolute atomic E-state index is 0.243. The van der Waals surface area contributed by atoms with Crippen LogP contribution < -0.4 is 5.32 Å². The lowest BCUT2D eigenvalue weighted by Crippen LogP contribution is -2.35. The van der Waals surface area contributed by atoms with Crippen molar-refractivity contribution in [3.8, 4) is 0 Å². The average molecular weight is 318 g/mol. The molecule has 2 nitrogen and oxygen atoms in total. The van der Waals surface area contributed by atoms with E-state index in [-0.39, 0.29) is 5.92 Å². The molecule has 1 N–H and O–H groups in total. The quantitative estimate of drug-likeness (QED) is 0.698. The first-order valence-corrected chi connectivity index (χ1v) is 8.50. The van der Waals surface area contributed by atoms with Crippen LogP contribution in [0.3, 0.4) is 0 Å². The lowest BCUT2D eigenvalue weighted by Gasteiger charge is -2.26. The molecule has 0 heterocycles. The number of carbonyl (C=O) groups is 1. The van der Waals surface area contributed by atoms with Crippen molar-refractivity contribution in [2.24, 2.45) is 11.8 Å². The molecule has 0 spiro atoms. The van der Waals surface area contributed by atoms with Gasteiger partial charge in [-0.1, -0.05) is 42.6 Å². The fourth-order valence-electron chi connectivity index (χ4n) is 2.82. The molecule has 0 atom stereocenters. The van der Waals surface area contributed by atoms with Gasteiger partial charge in [0.05, 0.1) is 0 Å². The largest absolute Gasteiger partial charge is 0.356 e. The molecule has 0 aromatic heterocycles. The van der Waals surface area contributed by atoms with Gasteiger partial charge in [0.15, 0.2) is 0 Å². The average Bonchev–Trinajstić information content (AvgIpc) is 2.37.